The monoisotopic (exact) mass is 233 g/mol. The lowest BCUT2D eigenvalue weighted by Crippen LogP contribution is -2.26. The van der Waals surface area contributed by atoms with Crippen LogP contribution in [0.15, 0.2) is 12.1 Å². The number of hydrogen-bond donors (Lipinski definition) is 2. The molecule has 1 aliphatic rings. The lowest BCUT2D eigenvalue weighted by Gasteiger charge is -2.28. The van der Waals surface area contributed by atoms with Crippen molar-refractivity contribution in [3.63, 3.8) is 0 Å². The van der Waals surface area contributed by atoms with E-state index in [0.29, 0.717) is 5.41 Å². The maximum Gasteiger partial charge on any atom is 0.126 e. The molecule has 1 aliphatic carbocycles. The van der Waals surface area contributed by atoms with Crippen LogP contribution in [0.25, 0.3) is 0 Å². The number of anilines is 2. The number of hydrogen-bond acceptors (Lipinski definition) is 3. The van der Waals surface area contributed by atoms with Gasteiger partial charge in [0.05, 0.1) is 11.4 Å². The van der Waals surface area contributed by atoms with Crippen molar-refractivity contribution in [2.45, 2.75) is 46.0 Å². The van der Waals surface area contributed by atoms with Gasteiger partial charge in [-0.2, -0.15) is 0 Å². The van der Waals surface area contributed by atoms with E-state index in [-0.39, 0.29) is 0 Å². The summed E-state index contributed by atoms with van der Waals surface area (Å²) >= 11 is 0. The minimum Gasteiger partial charge on any atom is -0.397 e. The topological polar surface area (TPSA) is 50.9 Å². The summed E-state index contributed by atoms with van der Waals surface area (Å²) in [6.07, 6.45) is 6.72. The third kappa shape index (κ3) is 2.71. The molecule has 0 unspecified atom stereocenters. The Hall–Kier alpha value is -1.25. The SMILES string of the molecule is CCC1(CNc2ccc(N)c(C)n2)CCCC1. The average molecular weight is 233 g/mol. The molecule has 1 saturated carbocycles. The summed E-state index contributed by atoms with van der Waals surface area (Å²) < 4.78 is 0. The van der Waals surface area contributed by atoms with E-state index in [0.717, 1.165) is 23.7 Å². The van der Waals surface area contributed by atoms with Crippen LogP contribution in [0.2, 0.25) is 0 Å². The van der Waals surface area contributed by atoms with Gasteiger partial charge in [-0.05, 0) is 43.7 Å². The van der Waals surface area contributed by atoms with Crippen molar-refractivity contribution >= 4 is 11.5 Å². The molecule has 0 aromatic carbocycles. The van der Waals surface area contributed by atoms with Crippen molar-refractivity contribution in [3.8, 4) is 0 Å². The number of rotatable bonds is 4. The Balaban J connectivity index is 1.99. The van der Waals surface area contributed by atoms with E-state index in [2.05, 4.69) is 17.2 Å². The Labute approximate surface area is 104 Å². The van der Waals surface area contributed by atoms with Crippen LogP contribution in [-0.4, -0.2) is 11.5 Å². The summed E-state index contributed by atoms with van der Waals surface area (Å²) in [5.74, 6) is 0.955. The fourth-order valence-corrected chi connectivity index (χ4v) is 2.73. The second-order valence-electron chi connectivity index (χ2n) is 5.29. The first kappa shape index (κ1) is 12.2. The maximum atomic E-state index is 5.77. The number of aromatic nitrogens is 1. The third-order valence-electron chi connectivity index (χ3n) is 4.19. The fourth-order valence-electron chi connectivity index (χ4n) is 2.73. The molecule has 0 radical (unpaired) electrons. The van der Waals surface area contributed by atoms with Gasteiger partial charge in [0.1, 0.15) is 5.82 Å². The fraction of sp³-hybridized carbons (Fsp3) is 0.643. The Morgan fingerprint density at radius 1 is 1.35 bits per heavy atom. The third-order valence-corrected chi connectivity index (χ3v) is 4.19. The van der Waals surface area contributed by atoms with Crippen molar-refractivity contribution < 1.29 is 0 Å². The van der Waals surface area contributed by atoms with E-state index in [4.69, 9.17) is 5.73 Å². The van der Waals surface area contributed by atoms with E-state index >= 15 is 0 Å². The molecule has 3 heteroatoms. The second-order valence-corrected chi connectivity index (χ2v) is 5.29. The Morgan fingerprint density at radius 2 is 2.06 bits per heavy atom. The molecule has 0 amide bonds. The molecular formula is C14H23N3. The summed E-state index contributed by atoms with van der Waals surface area (Å²) in [7, 11) is 0. The molecule has 94 valence electrons. The Kier molecular flexibility index (Phi) is 3.55. The highest BCUT2D eigenvalue weighted by atomic mass is 15.0. The molecule has 3 N–H and O–H groups in total. The zero-order valence-corrected chi connectivity index (χ0v) is 10.9. The summed E-state index contributed by atoms with van der Waals surface area (Å²) in [5, 5.41) is 3.48. The van der Waals surface area contributed by atoms with Crippen LogP contribution in [-0.2, 0) is 0 Å². The van der Waals surface area contributed by atoms with Crippen molar-refractivity contribution in [1.29, 1.82) is 0 Å². The Bertz CT molecular complexity index is 381. The number of nitrogens with two attached hydrogens (primary N) is 1. The van der Waals surface area contributed by atoms with Crippen LogP contribution in [0.4, 0.5) is 11.5 Å². The van der Waals surface area contributed by atoms with Gasteiger partial charge in [-0.3, -0.25) is 0 Å². The average Bonchev–Trinajstić information content (AvgIpc) is 2.80. The highest BCUT2D eigenvalue weighted by Gasteiger charge is 2.31. The van der Waals surface area contributed by atoms with Gasteiger partial charge < -0.3 is 11.1 Å². The van der Waals surface area contributed by atoms with Gasteiger partial charge in [-0.1, -0.05) is 19.8 Å². The molecule has 0 bridgehead atoms. The van der Waals surface area contributed by atoms with Gasteiger partial charge >= 0.3 is 0 Å². The molecule has 1 aromatic heterocycles. The van der Waals surface area contributed by atoms with Crippen molar-refractivity contribution in [2.75, 3.05) is 17.6 Å². The molecular weight excluding hydrogens is 210 g/mol. The van der Waals surface area contributed by atoms with Gasteiger partial charge in [-0.25, -0.2) is 4.98 Å². The molecule has 1 heterocycles. The van der Waals surface area contributed by atoms with Crippen molar-refractivity contribution in [1.82, 2.24) is 4.98 Å². The van der Waals surface area contributed by atoms with Gasteiger partial charge in [-0.15, -0.1) is 0 Å². The summed E-state index contributed by atoms with van der Waals surface area (Å²) in [6, 6.07) is 3.90. The largest absolute Gasteiger partial charge is 0.397 e. The van der Waals surface area contributed by atoms with Gasteiger partial charge in [0.2, 0.25) is 0 Å². The number of aryl methyl sites for hydroxylation is 1. The van der Waals surface area contributed by atoms with Crippen LogP contribution in [0.3, 0.4) is 0 Å². The highest BCUT2D eigenvalue weighted by Crippen LogP contribution is 2.40. The minimum atomic E-state index is 0.497. The Morgan fingerprint density at radius 3 is 2.65 bits per heavy atom. The number of nitrogen functional groups attached to an aromatic ring is 1. The van der Waals surface area contributed by atoms with Crippen LogP contribution < -0.4 is 11.1 Å². The van der Waals surface area contributed by atoms with Crippen LogP contribution >= 0.6 is 0 Å². The molecule has 0 saturated heterocycles. The molecule has 1 fully saturated rings. The molecule has 0 spiro atoms. The smallest absolute Gasteiger partial charge is 0.126 e. The molecule has 1 aromatic rings. The first-order valence-electron chi connectivity index (χ1n) is 6.62. The maximum absolute atomic E-state index is 5.77. The summed E-state index contributed by atoms with van der Waals surface area (Å²) in [4.78, 5) is 4.46. The predicted octanol–water partition coefficient (Wildman–Crippen LogP) is 3.35. The number of pyridine rings is 1. The first-order chi connectivity index (χ1) is 8.15. The van der Waals surface area contributed by atoms with E-state index in [1.54, 1.807) is 0 Å². The lowest BCUT2D eigenvalue weighted by molar-refractivity contribution is 0.306. The molecule has 17 heavy (non-hydrogen) atoms. The van der Waals surface area contributed by atoms with Crippen molar-refractivity contribution in [3.05, 3.63) is 17.8 Å². The quantitative estimate of drug-likeness (QED) is 0.838. The predicted molar refractivity (Wildman–Crippen MR) is 73.1 cm³/mol. The standard InChI is InChI=1S/C14H23N3/c1-3-14(8-4-5-9-14)10-16-13-7-6-12(15)11(2)17-13/h6-7H,3-5,8-10,15H2,1-2H3,(H,16,17). The minimum absolute atomic E-state index is 0.497. The highest BCUT2D eigenvalue weighted by molar-refractivity contribution is 5.49. The zero-order valence-electron chi connectivity index (χ0n) is 10.9. The van der Waals surface area contributed by atoms with E-state index in [1.807, 2.05) is 19.1 Å². The first-order valence-corrected chi connectivity index (χ1v) is 6.62. The summed E-state index contributed by atoms with van der Waals surface area (Å²) in [5.41, 5.74) is 7.94. The van der Waals surface area contributed by atoms with Gasteiger partial charge in [0, 0.05) is 6.54 Å². The van der Waals surface area contributed by atoms with Crippen molar-refractivity contribution in [2.24, 2.45) is 5.41 Å². The zero-order chi connectivity index (χ0) is 12.3. The van der Waals surface area contributed by atoms with Crippen LogP contribution in [0.5, 0.6) is 0 Å². The summed E-state index contributed by atoms with van der Waals surface area (Å²) in [6.45, 7) is 5.29. The number of nitrogens with one attached hydrogen (secondary N) is 1. The molecule has 3 nitrogen and oxygen atoms in total. The van der Waals surface area contributed by atoms with Gasteiger partial charge in [0.15, 0.2) is 0 Å². The second kappa shape index (κ2) is 4.94. The van der Waals surface area contributed by atoms with Crippen LogP contribution in [0, 0.1) is 12.3 Å². The van der Waals surface area contributed by atoms with E-state index in [1.165, 1.54) is 32.1 Å². The molecule has 0 aliphatic heterocycles. The van der Waals surface area contributed by atoms with E-state index in [9.17, 15) is 0 Å². The molecule has 2 rings (SSSR count). The van der Waals surface area contributed by atoms with E-state index < -0.39 is 0 Å². The van der Waals surface area contributed by atoms with Gasteiger partial charge in [0.25, 0.3) is 0 Å². The lowest BCUT2D eigenvalue weighted by atomic mass is 9.83. The van der Waals surface area contributed by atoms with Crippen LogP contribution in [0.1, 0.15) is 44.7 Å². The number of nitrogens with zero attached hydrogens (tertiary/aromatic N) is 1. The normalized spacial score (nSPS) is 18.2. The molecule has 0 atom stereocenters.